The Morgan fingerprint density at radius 1 is 1.28 bits per heavy atom. The monoisotopic (exact) mass is 422 g/mol. The lowest BCUT2D eigenvalue weighted by molar-refractivity contribution is 0.0569. The summed E-state index contributed by atoms with van der Waals surface area (Å²) in [7, 11) is -3.95. The summed E-state index contributed by atoms with van der Waals surface area (Å²) in [5, 5.41) is 0.959. The molecule has 0 radical (unpaired) electrons. The number of aromatic nitrogens is 3. The van der Waals surface area contributed by atoms with Crippen molar-refractivity contribution in [2.75, 3.05) is 24.5 Å². The number of carbonyl (C=O) groups excluding carboxylic acids is 1. The Labute approximate surface area is 170 Å². The lowest BCUT2D eigenvalue weighted by Crippen LogP contribution is -2.49. The number of nitrogens with zero attached hydrogens (tertiary/aromatic N) is 4. The van der Waals surface area contributed by atoms with E-state index in [9.17, 15) is 13.2 Å². The summed E-state index contributed by atoms with van der Waals surface area (Å²) in [6.45, 7) is 8.68. The van der Waals surface area contributed by atoms with Crippen LogP contribution in [0.2, 0.25) is 0 Å². The number of rotatable bonds is 6. The Morgan fingerprint density at radius 2 is 2.00 bits per heavy atom. The molecule has 0 unspecified atom stereocenters. The van der Waals surface area contributed by atoms with Crippen LogP contribution in [0, 0.1) is 12.8 Å². The fourth-order valence-corrected chi connectivity index (χ4v) is 3.79. The Bertz CT molecular complexity index is 999. The van der Waals surface area contributed by atoms with Gasteiger partial charge in [-0.25, -0.2) is 19.5 Å². The molecule has 0 atom stereocenters. The molecule has 10 nitrogen and oxygen atoms in total. The second-order valence-electron chi connectivity index (χ2n) is 8.10. The van der Waals surface area contributed by atoms with E-state index in [4.69, 9.17) is 4.74 Å². The minimum atomic E-state index is -3.95. The van der Waals surface area contributed by atoms with Gasteiger partial charge in [-0.05, 0) is 46.1 Å². The minimum Gasteiger partial charge on any atom is -0.443 e. The number of aryl methyl sites for hydroxylation is 1. The van der Waals surface area contributed by atoms with E-state index in [2.05, 4.69) is 24.6 Å². The average Bonchev–Trinajstić information content (AvgIpc) is 2.54. The molecule has 2 aromatic rings. The largest absolute Gasteiger partial charge is 0.443 e. The maximum atomic E-state index is 11.9. The van der Waals surface area contributed by atoms with Crippen LogP contribution in [0.25, 0.3) is 10.9 Å². The Hall–Kier alpha value is -2.53. The molecule has 3 heterocycles. The van der Waals surface area contributed by atoms with E-state index in [0.29, 0.717) is 12.3 Å². The zero-order valence-electron chi connectivity index (χ0n) is 17.0. The highest BCUT2D eigenvalue weighted by Crippen LogP contribution is 2.30. The van der Waals surface area contributed by atoms with Crippen molar-refractivity contribution in [1.82, 2.24) is 24.4 Å². The van der Waals surface area contributed by atoms with Crippen LogP contribution >= 0.6 is 0 Å². The van der Waals surface area contributed by atoms with Gasteiger partial charge in [0.25, 0.3) is 0 Å². The van der Waals surface area contributed by atoms with Gasteiger partial charge < -0.3 is 9.64 Å². The molecule has 1 aliphatic heterocycles. The molecule has 11 heteroatoms. The number of anilines is 1. The van der Waals surface area contributed by atoms with Crippen LogP contribution in [0.3, 0.4) is 0 Å². The molecule has 158 valence electrons. The predicted octanol–water partition coefficient (Wildman–Crippen LogP) is 1.52. The van der Waals surface area contributed by atoms with E-state index < -0.39 is 21.9 Å². The molecule has 2 N–H and O–H groups in total. The van der Waals surface area contributed by atoms with Crippen molar-refractivity contribution in [3.8, 4) is 0 Å². The van der Waals surface area contributed by atoms with Crippen LogP contribution in [-0.4, -0.2) is 54.7 Å². The quantitative estimate of drug-likeness (QED) is 0.717. The van der Waals surface area contributed by atoms with Gasteiger partial charge in [-0.2, -0.15) is 13.1 Å². The van der Waals surface area contributed by atoms with Crippen LogP contribution < -0.4 is 14.3 Å². The first kappa shape index (κ1) is 21.2. The number of pyridine rings is 1. The van der Waals surface area contributed by atoms with Crippen LogP contribution in [0.1, 0.15) is 32.9 Å². The summed E-state index contributed by atoms with van der Waals surface area (Å²) in [6, 6.07) is 1.97. The number of fused-ring (bicyclic) bond motifs is 1. The van der Waals surface area contributed by atoms with E-state index in [1.165, 1.54) is 6.33 Å². The molecule has 29 heavy (non-hydrogen) atoms. The number of hydrogen-bond donors (Lipinski definition) is 2. The molecule has 0 aliphatic carbocycles. The molecular formula is C18H26N6O4S. The van der Waals surface area contributed by atoms with Gasteiger partial charge in [0.15, 0.2) is 0 Å². The van der Waals surface area contributed by atoms with Crippen LogP contribution in [0.4, 0.5) is 10.6 Å². The van der Waals surface area contributed by atoms with Gasteiger partial charge in [-0.3, -0.25) is 4.98 Å². The highest BCUT2D eigenvalue weighted by molar-refractivity contribution is 7.88. The number of nitrogens with one attached hydrogen (secondary N) is 2. The molecule has 0 spiro atoms. The molecule has 1 amide bonds. The average molecular weight is 423 g/mol. The SMILES string of the molecule is Cc1cc2c(N3CC(CCNS(=O)(=O)NC(=O)OC(C)(C)C)C3)ncnc2cn1. The third kappa shape index (κ3) is 5.73. The summed E-state index contributed by atoms with van der Waals surface area (Å²) < 4.78 is 33.0. The second-order valence-corrected chi connectivity index (χ2v) is 9.60. The van der Waals surface area contributed by atoms with Crippen molar-refractivity contribution in [2.24, 2.45) is 5.92 Å². The van der Waals surface area contributed by atoms with Crippen molar-refractivity contribution in [1.29, 1.82) is 0 Å². The molecule has 0 saturated carbocycles. The van der Waals surface area contributed by atoms with Crippen molar-refractivity contribution in [2.45, 2.75) is 39.7 Å². The van der Waals surface area contributed by atoms with Crippen LogP contribution in [0.5, 0.6) is 0 Å². The molecule has 1 saturated heterocycles. The standard InChI is InChI=1S/C18H26N6O4S/c1-12-7-14-15(8-19-12)20-11-21-16(14)24-9-13(10-24)5-6-22-29(26,27)23-17(25)28-18(2,3)4/h7-8,11,13,22H,5-6,9-10H2,1-4H3,(H,23,25). The normalized spacial score (nSPS) is 15.2. The Morgan fingerprint density at radius 3 is 2.69 bits per heavy atom. The van der Waals surface area contributed by atoms with Crippen molar-refractivity contribution >= 4 is 33.0 Å². The van der Waals surface area contributed by atoms with Gasteiger partial charge in [0.1, 0.15) is 17.7 Å². The number of amides is 1. The van der Waals surface area contributed by atoms with E-state index in [-0.39, 0.29) is 6.54 Å². The highest BCUT2D eigenvalue weighted by atomic mass is 32.2. The fourth-order valence-electron chi connectivity index (χ4n) is 3.07. The van der Waals surface area contributed by atoms with Gasteiger partial charge in [-0.1, -0.05) is 0 Å². The molecule has 0 aromatic carbocycles. The summed E-state index contributed by atoms with van der Waals surface area (Å²) in [5.74, 6) is 1.19. The van der Waals surface area contributed by atoms with Crippen molar-refractivity contribution in [3.05, 3.63) is 24.3 Å². The zero-order valence-corrected chi connectivity index (χ0v) is 17.8. The van der Waals surface area contributed by atoms with E-state index >= 15 is 0 Å². The first-order valence-electron chi connectivity index (χ1n) is 9.35. The summed E-state index contributed by atoms with van der Waals surface area (Å²) in [5.41, 5.74) is 0.928. The second kappa shape index (κ2) is 8.07. The van der Waals surface area contributed by atoms with Crippen molar-refractivity contribution < 1.29 is 17.9 Å². The number of hydrogen-bond acceptors (Lipinski definition) is 8. The van der Waals surface area contributed by atoms with Crippen molar-refractivity contribution in [3.63, 3.8) is 0 Å². The summed E-state index contributed by atoms with van der Waals surface area (Å²) in [6.07, 6.45) is 2.91. The molecule has 1 fully saturated rings. The summed E-state index contributed by atoms with van der Waals surface area (Å²) >= 11 is 0. The number of ether oxygens (including phenoxy) is 1. The van der Waals surface area contributed by atoms with E-state index in [0.717, 1.165) is 35.5 Å². The molecule has 3 rings (SSSR count). The lowest BCUT2D eigenvalue weighted by atomic mass is 9.96. The Kier molecular flexibility index (Phi) is 5.90. The minimum absolute atomic E-state index is 0.226. The lowest BCUT2D eigenvalue weighted by Gasteiger charge is -2.40. The van der Waals surface area contributed by atoms with Gasteiger partial charge in [0.2, 0.25) is 0 Å². The molecular weight excluding hydrogens is 396 g/mol. The molecule has 0 bridgehead atoms. The third-order valence-corrected chi connectivity index (χ3v) is 5.37. The maximum absolute atomic E-state index is 11.9. The first-order chi connectivity index (χ1) is 13.5. The Balaban J connectivity index is 1.47. The van der Waals surface area contributed by atoms with E-state index in [1.807, 2.05) is 17.7 Å². The van der Waals surface area contributed by atoms with E-state index in [1.54, 1.807) is 27.0 Å². The zero-order chi connectivity index (χ0) is 21.2. The first-order valence-corrected chi connectivity index (χ1v) is 10.8. The topological polar surface area (TPSA) is 126 Å². The van der Waals surface area contributed by atoms with Gasteiger partial charge in [0.05, 0.1) is 11.7 Å². The third-order valence-electron chi connectivity index (χ3n) is 4.36. The molecule has 2 aromatic heterocycles. The number of carbonyl (C=O) groups is 1. The predicted molar refractivity (Wildman–Crippen MR) is 109 cm³/mol. The van der Waals surface area contributed by atoms with Gasteiger partial charge in [0, 0.05) is 30.7 Å². The maximum Gasteiger partial charge on any atom is 0.422 e. The molecule has 1 aliphatic rings. The van der Waals surface area contributed by atoms with Gasteiger partial charge >= 0.3 is 16.3 Å². The van der Waals surface area contributed by atoms with Crippen LogP contribution in [0.15, 0.2) is 18.6 Å². The van der Waals surface area contributed by atoms with Gasteiger partial charge in [-0.15, -0.1) is 0 Å². The summed E-state index contributed by atoms with van der Waals surface area (Å²) in [4.78, 5) is 26.6. The van der Waals surface area contributed by atoms with Crippen LogP contribution in [-0.2, 0) is 14.9 Å². The fraction of sp³-hybridized carbons (Fsp3) is 0.556. The highest BCUT2D eigenvalue weighted by Gasteiger charge is 2.29. The smallest absolute Gasteiger partial charge is 0.422 e.